The first-order chi connectivity index (χ1) is 8.58. The highest BCUT2D eigenvalue weighted by Gasteiger charge is 2.06. The van der Waals surface area contributed by atoms with Gasteiger partial charge in [-0.2, -0.15) is 0 Å². The first kappa shape index (κ1) is 13.7. The molecule has 0 heterocycles. The van der Waals surface area contributed by atoms with E-state index in [2.05, 4.69) is 21.2 Å². The van der Waals surface area contributed by atoms with E-state index in [-0.39, 0.29) is 5.82 Å². The molecule has 0 aromatic heterocycles. The third-order valence-electron chi connectivity index (χ3n) is 2.43. The van der Waals surface area contributed by atoms with Gasteiger partial charge < -0.3 is 5.32 Å². The van der Waals surface area contributed by atoms with E-state index in [1.54, 1.807) is 18.2 Å². The van der Waals surface area contributed by atoms with Gasteiger partial charge in [0, 0.05) is 11.0 Å². The maximum atomic E-state index is 13.6. The van der Waals surface area contributed by atoms with E-state index in [0.29, 0.717) is 26.8 Å². The van der Waals surface area contributed by atoms with Crippen LogP contribution >= 0.6 is 39.1 Å². The summed E-state index contributed by atoms with van der Waals surface area (Å²) < 4.78 is 14.3. The summed E-state index contributed by atoms with van der Waals surface area (Å²) in [6.45, 7) is 0.415. The molecule has 0 atom stereocenters. The third kappa shape index (κ3) is 3.16. The van der Waals surface area contributed by atoms with Crippen molar-refractivity contribution in [1.82, 2.24) is 0 Å². The second-order valence-corrected chi connectivity index (χ2v) is 5.39. The second kappa shape index (κ2) is 5.91. The van der Waals surface area contributed by atoms with Crippen LogP contribution in [0, 0.1) is 5.82 Å². The molecule has 0 saturated heterocycles. The van der Waals surface area contributed by atoms with Crippen molar-refractivity contribution in [3.63, 3.8) is 0 Å². The van der Waals surface area contributed by atoms with Crippen LogP contribution in [0.2, 0.25) is 10.0 Å². The van der Waals surface area contributed by atoms with E-state index in [1.165, 1.54) is 6.07 Å². The largest absolute Gasteiger partial charge is 0.379 e. The molecular weight excluding hydrogens is 340 g/mol. The average Bonchev–Trinajstić information content (AvgIpc) is 2.33. The maximum Gasteiger partial charge on any atom is 0.147 e. The zero-order valence-electron chi connectivity index (χ0n) is 9.18. The van der Waals surface area contributed by atoms with Crippen LogP contribution in [0.5, 0.6) is 0 Å². The van der Waals surface area contributed by atoms with Gasteiger partial charge in [0.15, 0.2) is 0 Å². The zero-order valence-corrected chi connectivity index (χ0v) is 12.3. The minimum absolute atomic E-state index is 0.317. The van der Waals surface area contributed by atoms with Crippen LogP contribution in [-0.2, 0) is 6.54 Å². The summed E-state index contributed by atoms with van der Waals surface area (Å²) in [6, 6.07) is 10.2. The second-order valence-electron chi connectivity index (χ2n) is 3.69. The van der Waals surface area contributed by atoms with Crippen molar-refractivity contribution >= 4 is 44.8 Å². The van der Waals surface area contributed by atoms with Crippen LogP contribution in [0.3, 0.4) is 0 Å². The van der Waals surface area contributed by atoms with Crippen molar-refractivity contribution in [2.45, 2.75) is 6.54 Å². The normalized spacial score (nSPS) is 10.4. The predicted molar refractivity (Wildman–Crippen MR) is 77.9 cm³/mol. The summed E-state index contributed by atoms with van der Waals surface area (Å²) in [4.78, 5) is 0. The number of hydrogen-bond donors (Lipinski definition) is 1. The Labute approximate surface area is 123 Å². The molecule has 0 spiro atoms. The molecule has 18 heavy (non-hydrogen) atoms. The van der Waals surface area contributed by atoms with Crippen LogP contribution < -0.4 is 5.32 Å². The number of nitrogens with one attached hydrogen (secondary N) is 1. The predicted octanol–water partition coefficient (Wildman–Crippen LogP) is 5.51. The summed E-state index contributed by atoms with van der Waals surface area (Å²) in [5.41, 5.74) is 1.25. The van der Waals surface area contributed by atoms with Crippen molar-refractivity contribution in [3.05, 3.63) is 62.3 Å². The first-order valence-corrected chi connectivity index (χ1v) is 6.74. The average molecular weight is 349 g/mol. The van der Waals surface area contributed by atoms with Crippen molar-refractivity contribution in [1.29, 1.82) is 0 Å². The molecule has 0 aliphatic heterocycles. The fourth-order valence-electron chi connectivity index (χ4n) is 1.51. The number of anilines is 1. The van der Waals surface area contributed by atoms with Crippen molar-refractivity contribution in [3.8, 4) is 0 Å². The standard InChI is InChI=1S/C13H9BrCl2FN/c14-9-4-5-12(11(17)6-9)18-7-8-2-1-3-10(15)13(8)16/h1-6,18H,7H2. The molecule has 0 amide bonds. The number of hydrogen-bond acceptors (Lipinski definition) is 1. The van der Waals surface area contributed by atoms with Gasteiger partial charge in [-0.1, -0.05) is 51.3 Å². The van der Waals surface area contributed by atoms with Crippen LogP contribution in [0.1, 0.15) is 5.56 Å². The Hall–Kier alpha value is -0.770. The molecule has 1 N–H and O–H groups in total. The van der Waals surface area contributed by atoms with Crippen molar-refractivity contribution in [2.75, 3.05) is 5.32 Å². The van der Waals surface area contributed by atoms with Crippen LogP contribution in [-0.4, -0.2) is 0 Å². The van der Waals surface area contributed by atoms with Gasteiger partial charge in [-0.05, 0) is 29.8 Å². The lowest BCUT2D eigenvalue weighted by Crippen LogP contribution is -2.02. The molecule has 2 aromatic rings. The van der Waals surface area contributed by atoms with Crippen molar-refractivity contribution < 1.29 is 4.39 Å². The van der Waals surface area contributed by atoms with Gasteiger partial charge in [0.2, 0.25) is 0 Å². The lowest BCUT2D eigenvalue weighted by Gasteiger charge is -2.10. The summed E-state index contributed by atoms with van der Waals surface area (Å²) in [7, 11) is 0. The lowest BCUT2D eigenvalue weighted by atomic mass is 10.2. The molecule has 2 aromatic carbocycles. The van der Waals surface area contributed by atoms with Crippen LogP contribution in [0.25, 0.3) is 0 Å². The van der Waals surface area contributed by atoms with E-state index in [1.807, 2.05) is 12.1 Å². The molecular formula is C13H9BrCl2FN. The van der Waals surface area contributed by atoms with E-state index in [4.69, 9.17) is 23.2 Å². The van der Waals surface area contributed by atoms with Gasteiger partial charge in [0.25, 0.3) is 0 Å². The highest BCUT2D eigenvalue weighted by Crippen LogP contribution is 2.27. The molecule has 0 aliphatic rings. The maximum absolute atomic E-state index is 13.6. The fourth-order valence-corrected chi connectivity index (χ4v) is 2.23. The van der Waals surface area contributed by atoms with Gasteiger partial charge >= 0.3 is 0 Å². The Morgan fingerprint density at radius 3 is 2.67 bits per heavy atom. The summed E-state index contributed by atoms with van der Waals surface area (Å²) in [5, 5.41) is 3.97. The zero-order chi connectivity index (χ0) is 13.1. The molecule has 0 bridgehead atoms. The Kier molecular flexibility index (Phi) is 4.49. The van der Waals surface area contributed by atoms with Gasteiger partial charge in [0.05, 0.1) is 15.7 Å². The smallest absolute Gasteiger partial charge is 0.147 e. The van der Waals surface area contributed by atoms with E-state index in [0.717, 1.165) is 5.56 Å². The molecule has 0 aliphatic carbocycles. The molecule has 0 radical (unpaired) electrons. The number of benzene rings is 2. The van der Waals surface area contributed by atoms with Crippen LogP contribution in [0.15, 0.2) is 40.9 Å². The Morgan fingerprint density at radius 1 is 1.17 bits per heavy atom. The van der Waals surface area contributed by atoms with Gasteiger partial charge in [0.1, 0.15) is 5.82 Å². The molecule has 0 fully saturated rings. The molecule has 5 heteroatoms. The minimum atomic E-state index is -0.317. The molecule has 94 valence electrons. The van der Waals surface area contributed by atoms with E-state index < -0.39 is 0 Å². The first-order valence-electron chi connectivity index (χ1n) is 5.20. The summed E-state index contributed by atoms with van der Waals surface area (Å²) >= 11 is 15.2. The topological polar surface area (TPSA) is 12.0 Å². The number of halogens is 4. The molecule has 0 saturated carbocycles. The highest BCUT2D eigenvalue weighted by molar-refractivity contribution is 9.10. The van der Waals surface area contributed by atoms with E-state index >= 15 is 0 Å². The monoisotopic (exact) mass is 347 g/mol. The van der Waals surface area contributed by atoms with Crippen LogP contribution in [0.4, 0.5) is 10.1 Å². The molecule has 1 nitrogen and oxygen atoms in total. The number of rotatable bonds is 3. The van der Waals surface area contributed by atoms with E-state index in [9.17, 15) is 4.39 Å². The SMILES string of the molecule is Fc1cc(Br)ccc1NCc1cccc(Cl)c1Cl. The minimum Gasteiger partial charge on any atom is -0.379 e. The van der Waals surface area contributed by atoms with Crippen molar-refractivity contribution in [2.24, 2.45) is 0 Å². The Bertz CT molecular complexity index is 575. The fraction of sp³-hybridized carbons (Fsp3) is 0.0769. The quantitative estimate of drug-likeness (QED) is 0.771. The molecule has 0 unspecified atom stereocenters. The molecule has 2 rings (SSSR count). The van der Waals surface area contributed by atoms with Gasteiger partial charge in [-0.25, -0.2) is 4.39 Å². The van der Waals surface area contributed by atoms with Gasteiger partial charge in [-0.15, -0.1) is 0 Å². The third-order valence-corrected chi connectivity index (χ3v) is 3.78. The Balaban J connectivity index is 2.14. The highest BCUT2D eigenvalue weighted by atomic mass is 79.9. The summed E-state index contributed by atoms with van der Waals surface area (Å²) in [6.07, 6.45) is 0. The Morgan fingerprint density at radius 2 is 1.94 bits per heavy atom. The lowest BCUT2D eigenvalue weighted by molar-refractivity contribution is 0.629. The summed E-state index contributed by atoms with van der Waals surface area (Å²) in [5.74, 6) is -0.317. The van der Waals surface area contributed by atoms with Gasteiger partial charge in [-0.3, -0.25) is 0 Å².